The molecule has 2 aromatic rings. The van der Waals surface area contributed by atoms with Gasteiger partial charge in [-0.25, -0.2) is 4.98 Å². The minimum atomic E-state index is -0.560. The molecule has 0 bridgehead atoms. The number of ether oxygens (including phenoxy) is 3. The Morgan fingerprint density at radius 3 is 2.39 bits per heavy atom. The number of carbonyl (C=O) groups excluding carboxylic acids is 2. The Hall–Kier alpha value is -3.25. The molecule has 1 aromatic heterocycles. The third-order valence-electron chi connectivity index (χ3n) is 7.16. The maximum Gasteiger partial charge on any atom is 0.271 e. The number of aromatic nitrogens is 1. The molecular formula is C27H33N3O5S. The van der Waals surface area contributed by atoms with E-state index in [2.05, 4.69) is 16.2 Å². The summed E-state index contributed by atoms with van der Waals surface area (Å²) in [6, 6.07) is 3.41. The number of hydrogen-bond donors (Lipinski definition) is 1. The van der Waals surface area contributed by atoms with Gasteiger partial charge in [-0.2, -0.15) is 0 Å². The highest BCUT2D eigenvalue weighted by atomic mass is 32.1. The van der Waals surface area contributed by atoms with Gasteiger partial charge in [0.2, 0.25) is 5.75 Å². The Bertz CT molecular complexity index is 1140. The van der Waals surface area contributed by atoms with Gasteiger partial charge in [-0.3, -0.25) is 9.59 Å². The SMILES string of the molecule is C#CC1(NC(=O)c2csc(C3CCN(C(=O)c4ccc(OC)c(OC)c4OC)CC3)n2)CCCCC1. The van der Waals surface area contributed by atoms with E-state index in [1.165, 1.54) is 25.6 Å². The Balaban J connectivity index is 1.39. The van der Waals surface area contributed by atoms with Crippen molar-refractivity contribution in [1.82, 2.24) is 15.2 Å². The first-order valence-corrected chi connectivity index (χ1v) is 13.2. The van der Waals surface area contributed by atoms with Gasteiger partial charge in [0.05, 0.1) is 31.9 Å². The number of thiazole rings is 1. The van der Waals surface area contributed by atoms with Crippen molar-refractivity contribution in [2.45, 2.75) is 56.4 Å². The van der Waals surface area contributed by atoms with Crippen molar-refractivity contribution >= 4 is 23.2 Å². The van der Waals surface area contributed by atoms with Crippen LogP contribution in [0.1, 0.15) is 76.7 Å². The zero-order valence-corrected chi connectivity index (χ0v) is 21.9. The van der Waals surface area contributed by atoms with Gasteiger partial charge in [-0.1, -0.05) is 25.2 Å². The smallest absolute Gasteiger partial charge is 0.271 e. The molecule has 4 rings (SSSR count). The molecule has 0 spiro atoms. The van der Waals surface area contributed by atoms with Crippen LogP contribution in [0.25, 0.3) is 0 Å². The van der Waals surface area contributed by atoms with Crippen LogP contribution in [0, 0.1) is 12.3 Å². The number of nitrogens with one attached hydrogen (secondary N) is 1. The number of piperidine rings is 1. The lowest BCUT2D eigenvalue weighted by Crippen LogP contribution is -2.48. The number of terminal acetylenes is 1. The van der Waals surface area contributed by atoms with Crippen molar-refractivity contribution < 1.29 is 23.8 Å². The third-order valence-corrected chi connectivity index (χ3v) is 8.16. The summed E-state index contributed by atoms with van der Waals surface area (Å²) in [5.41, 5.74) is 0.298. The number of likely N-dealkylation sites (tertiary alicyclic amines) is 1. The van der Waals surface area contributed by atoms with Crippen LogP contribution < -0.4 is 19.5 Å². The Kier molecular flexibility index (Phi) is 8.04. The van der Waals surface area contributed by atoms with Crippen molar-refractivity contribution in [1.29, 1.82) is 0 Å². The fourth-order valence-corrected chi connectivity index (χ4v) is 6.06. The largest absolute Gasteiger partial charge is 0.493 e. The highest BCUT2D eigenvalue weighted by Crippen LogP contribution is 2.41. The number of carbonyl (C=O) groups is 2. The van der Waals surface area contributed by atoms with E-state index in [0.29, 0.717) is 41.6 Å². The summed E-state index contributed by atoms with van der Waals surface area (Å²) in [5, 5.41) is 5.80. The molecule has 1 aliphatic carbocycles. The summed E-state index contributed by atoms with van der Waals surface area (Å²) in [6.45, 7) is 1.17. The highest BCUT2D eigenvalue weighted by molar-refractivity contribution is 7.09. The standard InChI is InChI=1S/C27H33N3O5S/c1-5-27(13-7-6-8-14-27)29-24(31)20-17-36-25(28-20)18-11-15-30(16-12-18)26(32)19-9-10-21(33-2)23(35-4)22(19)34-3/h1,9-10,17-18H,6-8,11-16H2,2-4H3,(H,29,31). The quantitative estimate of drug-likeness (QED) is 0.559. The molecule has 192 valence electrons. The summed E-state index contributed by atoms with van der Waals surface area (Å²) in [5.74, 6) is 3.97. The highest BCUT2D eigenvalue weighted by Gasteiger charge is 2.33. The molecule has 1 saturated heterocycles. The van der Waals surface area contributed by atoms with Gasteiger partial charge in [-0.05, 0) is 37.8 Å². The fraction of sp³-hybridized carbons (Fsp3) is 0.519. The number of nitrogens with zero attached hydrogens (tertiary/aromatic N) is 2. The number of hydrogen-bond acceptors (Lipinski definition) is 7. The second kappa shape index (κ2) is 11.2. The van der Waals surface area contributed by atoms with Gasteiger partial charge >= 0.3 is 0 Å². The Labute approximate surface area is 216 Å². The van der Waals surface area contributed by atoms with Crippen LogP contribution in [-0.4, -0.2) is 61.7 Å². The molecule has 0 atom stereocenters. The van der Waals surface area contributed by atoms with Crippen LogP contribution in [0.3, 0.4) is 0 Å². The lowest BCUT2D eigenvalue weighted by Gasteiger charge is -2.33. The van der Waals surface area contributed by atoms with Gasteiger partial charge in [0, 0.05) is 24.4 Å². The van der Waals surface area contributed by atoms with E-state index < -0.39 is 5.54 Å². The van der Waals surface area contributed by atoms with Crippen LogP contribution in [0.2, 0.25) is 0 Å². The average molecular weight is 512 g/mol. The molecule has 2 heterocycles. The number of amides is 2. The predicted octanol–water partition coefficient (Wildman–Crippen LogP) is 4.25. The van der Waals surface area contributed by atoms with E-state index in [9.17, 15) is 9.59 Å². The monoisotopic (exact) mass is 511 g/mol. The van der Waals surface area contributed by atoms with E-state index in [0.717, 1.165) is 50.0 Å². The molecule has 36 heavy (non-hydrogen) atoms. The second-order valence-electron chi connectivity index (χ2n) is 9.26. The molecule has 1 aliphatic heterocycles. The van der Waals surface area contributed by atoms with E-state index in [1.54, 1.807) is 19.2 Å². The van der Waals surface area contributed by atoms with E-state index in [4.69, 9.17) is 20.6 Å². The first kappa shape index (κ1) is 25.8. The molecular weight excluding hydrogens is 478 g/mol. The van der Waals surface area contributed by atoms with Crippen molar-refractivity contribution in [2.24, 2.45) is 0 Å². The van der Waals surface area contributed by atoms with E-state index >= 15 is 0 Å². The average Bonchev–Trinajstić information content (AvgIpc) is 3.43. The van der Waals surface area contributed by atoms with Gasteiger partial charge in [-0.15, -0.1) is 17.8 Å². The number of benzene rings is 1. The van der Waals surface area contributed by atoms with Gasteiger partial charge in [0.15, 0.2) is 11.5 Å². The van der Waals surface area contributed by atoms with E-state index in [-0.39, 0.29) is 17.7 Å². The summed E-state index contributed by atoms with van der Waals surface area (Å²) >= 11 is 1.50. The summed E-state index contributed by atoms with van der Waals surface area (Å²) in [4.78, 5) is 32.6. The van der Waals surface area contributed by atoms with Gasteiger partial charge < -0.3 is 24.4 Å². The van der Waals surface area contributed by atoms with Crippen molar-refractivity contribution in [2.75, 3.05) is 34.4 Å². The molecule has 8 nitrogen and oxygen atoms in total. The molecule has 0 radical (unpaired) electrons. The minimum Gasteiger partial charge on any atom is -0.493 e. The molecule has 1 saturated carbocycles. The summed E-state index contributed by atoms with van der Waals surface area (Å²) in [6.07, 6.45) is 12.1. The number of methoxy groups -OCH3 is 3. The fourth-order valence-electron chi connectivity index (χ4n) is 5.09. The second-order valence-corrected chi connectivity index (χ2v) is 10.2. The third kappa shape index (κ3) is 5.14. The molecule has 2 aliphatic rings. The molecule has 1 N–H and O–H groups in total. The molecule has 2 amide bonds. The maximum atomic E-state index is 13.3. The minimum absolute atomic E-state index is 0.113. The van der Waals surface area contributed by atoms with Crippen LogP contribution in [0.5, 0.6) is 17.2 Å². The molecule has 9 heteroatoms. The zero-order chi connectivity index (χ0) is 25.7. The first-order valence-electron chi connectivity index (χ1n) is 12.3. The van der Waals surface area contributed by atoms with Gasteiger partial charge in [0.25, 0.3) is 11.8 Å². The topological polar surface area (TPSA) is 90.0 Å². The van der Waals surface area contributed by atoms with Crippen LogP contribution in [-0.2, 0) is 0 Å². The van der Waals surface area contributed by atoms with Gasteiger partial charge in [0.1, 0.15) is 11.2 Å². The van der Waals surface area contributed by atoms with Crippen LogP contribution >= 0.6 is 11.3 Å². The Morgan fingerprint density at radius 1 is 1.08 bits per heavy atom. The molecule has 0 unspecified atom stereocenters. The van der Waals surface area contributed by atoms with Crippen LogP contribution in [0.4, 0.5) is 0 Å². The number of rotatable bonds is 7. The maximum absolute atomic E-state index is 13.3. The Morgan fingerprint density at radius 2 is 1.78 bits per heavy atom. The first-order chi connectivity index (χ1) is 17.4. The molecule has 1 aromatic carbocycles. The lowest BCUT2D eigenvalue weighted by molar-refractivity contribution is 0.0708. The van der Waals surface area contributed by atoms with Crippen molar-refractivity contribution in [3.8, 4) is 29.6 Å². The lowest BCUT2D eigenvalue weighted by atomic mass is 9.82. The summed E-state index contributed by atoms with van der Waals surface area (Å²) < 4.78 is 16.2. The van der Waals surface area contributed by atoms with Crippen molar-refractivity contribution in [3.63, 3.8) is 0 Å². The van der Waals surface area contributed by atoms with Crippen molar-refractivity contribution in [3.05, 3.63) is 33.8 Å². The summed E-state index contributed by atoms with van der Waals surface area (Å²) in [7, 11) is 4.57. The predicted molar refractivity (Wildman–Crippen MR) is 138 cm³/mol. The van der Waals surface area contributed by atoms with E-state index in [1.807, 2.05) is 10.3 Å². The van der Waals surface area contributed by atoms with Crippen LogP contribution in [0.15, 0.2) is 17.5 Å². The normalized spacial score (nSPS) is 17.7. The zero-order valence-electron chi connectivity index (χ0n) is 21.1. The molecule has 2 fully saturated rings.